The quantitative estimate of drug-likeness (QED) is 0.404. The lowest BCUT2D eigenvalue weighted by Crippen LogP contribution is -2.24. The van der Waals surface area contributed by atoms with Crippen LogP contribution in [0.1, 0.15) is 35.6 Å². The van der Waals surface area contributed by atoms with E-state index in [1.54, 1.807) is 7.11 Å². The summed E-state index contributed by atoms with van der Waals surface area (Å²) in [6.45, 7) is 0.634. The van der Waals surface area contributed by atoms with Gasteiger partial charge >= 0.3 is 0 Å². The number of hydrogen-bond donors (Lipinski definition) is 2. The monoisotopic (exact) mass is 404 g/mol. The summed E-state index contributed by atoms with van der Waals surface area (Å²) in [5, 5.41) is 8.04. The molecule has 0 radical (unpaired) electrons. The topological polar surface area (TPSA) is 93.0 Å². The molecule has 0 unspecified atom stereocenters. The first kappa shape index (κ1) is 19.7. The van der Waals surface area contributed by atoms with Gasteiger partial charge in [-0.05, 0) is 49.2 Å². The number of carbonyl (C=O) groups excluding carboxylic acids is 1. The normalized spacial score (nSPS) is 11.0. The summed E-state index contributed by atoms with van der Waals surface area (Å²) in [6, 6.07) is 17.3. The Labute approximate surface area is 174 Å². The minimum Gasteiger partial charge on any atom is -0.497 e. The molecule has 2 aromatic carbocycles. The molecule has 0 bridgehead atoms. The van der Waals surface area contributed by atoms with Crippen LogP contribution in [-0.2, 0) is 6.42 Å². The number of carbonyl (C=O) groups is 1. The number of para-hydroxylation sites is 1. The van der Waals surface area contributed by atoms with Crippen LogP contribution in [0.4, 0.5) is 0 Å². The van der Waals surface area contributed by atoms with Gasteiger partial charge in [-0.1, -0.05) is 29.8 Å². The summed E-state index contributed by atoms with van der Waals surface area (Å²) in [7, 11) is 1.63. The van der Waals surface area contributed by atoms with E-state index in [-0.39, 0.29) is 5.91 Å². The lowest BCUT2D eigenvalue weighted by molar-refractivity contribution is 0.0948. The molecule has 0 atom stereocenters. The third kappa shape index (κ3) is 4.68. The maximum atomic E-state index is 12.3. The lowest BCUT2D eigenvalue weighted by Gasteiger charge is -2.03. The van der Waals surface area contributed by atoms with Crippen LogP contribution in [0.15, 0.2) is 59.1 Å². The van der Waals surface area contributed by atoms with Gasteiger partial charge in [0.2, 0.25) is 11.7 Å². The average molecular weight is 404 g/mol. The maximum Gasteiger partial charge on any atom is 0.267 e. The van der Waals surface area contributed by atoms with Crippen molar-refractivity contribution in [3.63, 3.8) is 0 Å². The van der Waals surface area contributed by atoms with Gasteiger partial charge in [-0.3, -0.25) is 4.79 Å². The molecule has 154 valence electrons. The Balaban J connectivity index is 1.17. The summed E-state index contributed by atoms with van der Waals surface area (Å²) >= 11 is 0. The number of hydrogen-bond acceptors (Lipinski definition) is 5. The van der Waals surface area contributed by atoms with Crippen LogP contribution in [0.2, 0.25) is 0 Å². The summed E-state index contributed by atoms with van der Waals surface area (Å²) in [6.07, 6.45) is 3.50. The molecule has 0 saturated heterocycles. The number of unbranched alkanes of at least 4 members (excludes halogenated alkanes) is 2. The number of aryl methyl sites for hydroxylation is 1. The van der Waals surface area contributed by atoms with E-state index in [4.69, 9.17) is 9.26 Å². The summed E-state index contributed by atoms with van der Waals surface area (Å²) in [5.41, 5.74) is 2.45. The van der Waals surface area contributed by atoms with Crippen LogP contribution < -0.4 is 10.1 Å². The molecule has 1 amide bonds. The predicted molar refractivity (Wildman–Crippen MR) is 114 cm³/mol. The number of H-pyrrole nitrogens is 1. The molecule has 0 aliphatic carbocycles. The molecule has 0 aliphatic rings. The summed E-state index contributed by atoms with van der Waals surface area (Å²) in [4.78, 5) is 19.9. The van der Waals surface area contributed by atoms with E-state index in [0.29, 0.717) is 24.0 Å². The van der Waals surface area contributed by atoms with Gasteiger partial charge in [0.15, 0.2) is 0 Å². The van der Waals surface area contributed by atoms with E-state index in [1.807, 2.05) is 54.6 Å². The molecule has 7 heteroatoms. The molecule has 0 aliphatic heterocycles. The minimum atomic E-state index is -0.0766. The van der Waals surface area contributed by atoms with Crippen molar-refractivity contribution in [1.82, 2.24) is 20.4 Å². The Morgan fingerprint density at radius 2 is 1.93 bits per heavy atom. The zero-order valence-electron chi connectivity index (χ0n) is 16.9. The molecular weight excluding hydrogens is 380 g/mol. The van der Waals surface area contributed by atoms with Gasteiger partial charge in [-0.25, -0.2) is 0 Å². The first-order valence-electron chi connectivity index (χ1n) is 10.1. The van der Waals surface area contributed by atoms with E-state index in [9.17, 15) is 4.79 Å². The van der Waals surface area contributed by atoms with Crippen molar-refractivity contribution in [2.24, 2.45) is 0 Å². The highest BCUT2D eigenvalue weighted by molar-refractivity contribution is 5.97. The SMILES string of the molecule is COc1ccc(-c2noc(CCCCCNC(=O)c3cc4ccccc4[nH]3)n2)cc1. The Morgan fingerprint density at radius 1 is 1.10 bits per heavy atom. The highest BCUT2D eigenvalue weighted by atomic mass is 16.5. The van der Waals surface area contributed by atoms with Crippen LogP contribution in [0.25, 0.3) is 22.3 Å². The van der Waals surface area contributed by atoms with Crippen LogP contribution in [0, 0.1) is 0 Å². The van der Waals surface area contributed by atoms with E-state index >= 15 is 0 Å². The fourth-order valence-electron chi connectivity index (χ4n) is 3.28. The molecule has 30 heavy (non-hydrogen) atoms. The van der Waals surface area contributed by atoms with Crippen molar-refractivity contribution in [2.75, 3.05) is 13.7 Å². The second-order valence-electron chi connectivity index (χ2n) is 7.08. The van der Waals surface area contributed by atoms with Crippen LogP contribution in [-0.4, -0.2) is 34.7 Å². The van der Waals surface area contributed by atoms with Crippen LogP contribution in [0.5, 0.6) is 5.75 Å². The first-order chi connectivity index (χ1) is 14.7. The molecule has 2 aromatic heterocycles. The van der Waals surface area contributed by atoms with Gasteiger partial charge in [-0.15, -0.1) is 0 Å². The third-order valence-electron chi connectivity index (χ3n) is 4.94. The zero-order valence-corrected chi connectivity index (χ0v) is 16.9. The number of aromatic nitrogens is 3. The number of rotatable bonds is 9. The molecule has 0 spiro atoms. The van der Waals surface area contributed by atoms with Gasteiger partial charge < -0.3 is 19.6 Å². The number of aromatic amines is 1. The number of nitrogens with zero attached hydrogens (tertiary/aromatic N) is 2. The number of ether oxygens (including phenoxy) is 1. The molecule has 2 heterocycles. The second-order valence-corrected chi connectivity index (χ2v) is 7.08. The molecule has 0 saturated carbocycles. The standard InChI is InChI=1S/C23H24N4O3/c1-29-18-12-10-16(11-13-18)22-26-21(30-27-22)9-3-2-6-14-24-23(28)20-15-17-7-4-5-8-19(17)25-20/h4-5,7-8,10-13,15,25H,2-3,6,9,14H2,1H3,(H,24,28). The van der Waals surface area contributed by atoms with Gasteiger partial charge in [0.05, 0.1) is 7.11 Å². The predicted octanol–water partition coefficient (Wildman–Crippen LogP) is 4.37. The van der Waals surface area contributed by atoms with E-state index < -0.39 is 0 Å². The molecule has 2 N–H and O–H groups in total. The molecule has 4 aromatic rings. The van der Waals surface area contributed by atoms with Crippen molar-refractivity contribution in [3.05, 3.63) is 66.2 Å². The number of methoxy groups -OCH3 is 1. The molecule has 0 fully saturated rings. The van der Waals surface area contributed by atoms with E-state index in [1.165, 1.54) is 0 Å². The zero-order chi connectivity index (χ0) is 20.8. The maximum absolute atomic E-state index is 12.3. The smallest absolute Gasteiger partial charge is 0.267 e. The van der Waals surface area contributed by atoms with Gasteiger partial charge in [0, 0.05) is 29.4 Å². The van der Waals surface area contributed by atoms with Crippen molar-refractivity contribution >= 4 is 16.8 Å². The third-order valence-corrected chi connectivity index (χ3v) is 4.94. The number of benzene rings is 2. The molecule has 4 rings (SSSR count). The fourth-order valence-corrected chi connectivity index (χ4v) is 3.28. The van der Waals surface area contributed by atoms with Crippen molar-refractivity contribution in [3.8, 4) is 17.1 Å². The van der Waals surface area contributed by atoms with Crippen LogP contribution in [0.3, 0.4) is 0 Å². The second kappa shape index (κ2) is 9.26. The van der Waals surface area contributed by atoms with Gasteiger partial charge in [0.25, 0.3) is 5.91 Å². The largest absolute Gasteiger partial charge is 0.497 e. The highest BCUT2D eigenvalue weighted by Crippen LogP contribution is 2.20. The Hall–Kier alpha value is -3.61. The van der Waals surface area contributed by atoms with Crippen molar-refractivity contribution in [2.45, 2.75) is 25.7 Å². The van der Waals surface area contributed by atoms with E-state index in [2.05, 4.69) is 20.4 Å². The number of amides is 1. The number of fused-ring (bicyclic) bond motifs is 1. The lowest BCUT2D eigenvalue weighted by atomic mass is 10.2. The first-order valence-corrected chi connectivity index (χ1v) is 10.1. The van der Waals surface area contributed by atoms with Crippen LogP contribution >= 0.6 is 0 Å². The van der Waals surface area contributed by atoms with Crippen molar-refractivity contribution in [1.29, 1.82) is 0 Å². The summed E-state index contributed by atoms with van der Waals surface area (Å²) in [5.74, 6) is 1.92. The number of nitrogens with one attached hydrogen (secondary N) is 2. The fraction of sp³-hybridized carbons (Fsp3) is 0.261. The Kier molecular flexibility index (Phi) is 6.08. The van der Waals surface area contributed by atoms with Gasteiger partial charge in [0.1, 0.15) is 11.4 Å². The van der Waals surface area contributed by atoms with E-state index in [0.717, 1.165) is 47.9 Å². The minimum absolute atomic E-state index is 0.0766. The highest BCUT2D eigenvalue weighted by Gasteiger charge is 2.10. The average Bonchev–Trinajstić information content (AvgIpc) is 3.43. The van der Waals surface area contributed by atoms with Crippen molar-refractivity contribution < 1.29 is 14.1 Å². The molecule has 7 nitrogen and oxygen atoms in total. The Bertz CT molecular complexity index is 1080. The summed E-state index contributed by atoms with van der Waals surface area (Å²) < 4.78 is 10.5. The van der Waals surface area contributed by atoms with Gasteiger partial charge in [-0.2, -0.15) is 4.98 Å². The molecular formula is C23H24N4O3. The Morgan fingerprint density at radius 3 is 2.73 bits per heavy atom.